The lowest BCUT2D eigenvalue weighted by Crippen LogP contribution is -2.26. The summed E-state index contributed by atoms with van der Waals surface area (Å²) in [7, 11) is 4.08. The number of benzene rings is 2. The van der Waals surface area contributed by atoms with Crippen LogP contribution in [-0.4, -0.2) is 38.7 Å². The number of halogens is 3. The molecular formula is C20H29Cl2FN2O2. The van der Waals surface area contributed by atoms with E-state index in [1.54, 1.807) is 18.2 Å². The molecule has 2 rings (SSSR count). The molecule has 152 valence electrons. The van der Waals surface area contributed by atoms with Crippen LogP contribution in [0.1, 0.15) is 18.1 Å². The second kappa shape index (κ2) is 13.6. The Bertz CT molecular complexity index is 672. The van der Waals surface area contributed by atoms with Crippen molar-refractivity contribution in [2.24, 2.45) is 0 Å². The molecule has 0 spiro atoms. The van der Waals surface area contributed by atoms with Gasteiger partial charge in [0.25, 0.3) is 0 Å². The largest absolute Gasteiger partial charge is 0.490 e. The van der Waals surface area contributed by atoms with Crippen LogP contribution < -0.4 is 14.8 Å². The van der Waals surface area contributed by atoms with Crippen LogP contribution in [0.4, 0.5) is 4.39 Å². The number of para-hydroxylation sites is 1. The molecule has 0 radical (unpaired) electrons. The Labute approximate surface area is 173 Å². The molecule has 0 bridgehead atoms. The van der Waals surface area contributed by atoms with E-state index in [9.17, 15) is 4.39 Å². The summed E-state index contributed by atoms with van der Waals surface area (Å²) in [6, 6.07) is 12.5. The molecule has 2 aromatic rings. The SMILES string of the molecule is CCOc1cccc(CNCCN(C)C)c1OCc1ccccc1F.Cl.Cl. The minimum Gasteiger partial charge on any atom is -0.490 e. The van der Waals surface area contributed by atoms with Gasteiger partial charge in [0.15, 0.2) is 11.5 Å². The summed E-state index contributed by atoms with van der Waals surface area (Å²) in [5.41, 5.74) is 1.53. The van der Waals surface area contributed by atoms with Crippen LogP contribution in [0.25, 0.3) is 0 Å². The van der Waals surface area contributed by atoms with Crippen LogP contribution in [0.15, 0.2) is 42.5 Å². The summed E-state index contributed by atoms with van der Waals surface area (Å²) >= 11 is 0. The lowest BCUT2D eigenvalue weighted by atomic mass is 10.1. The first-order valence-corrected chi connectivity index (χ1v) is 8.58. The number of hydrogen-bond acceptors (Lipinski definition) is 4. The number of nitrogens with one attached hydrogen (secondary N) is 1. The average Bonchev–Trinajstić information content (AvgIpc) is 2.59. The Kier molecular flexibility index (Phi) is 12.8. The number of nitrogens with zero attached hydrogens (tertiary/aromatic N) is 1. The Balaban J connectivity index is 0.00000338. The summed E-state index contributed by atoms with van der Waals surface area (Å²) in [6.45, 7) is 5.15. The minimum atomic E-state index is -0.262. The van der Waals surface area contributed by atoms with E-state index in [1.807, 2.05) is 39.2 Å². The molecule has 0 aromatic heterocycles. The van der Waals surface area contributed by atoms with Gasteiger partial charge in [-0.05, 0) is 33.2 Å². The zero-order valence-electron chi connectivity index (χ0n) is 16.0. The third-order valence-electron chi connectivity index (χ3n) is 3.74. The summed E-state index contributed by atoms with van der Waals surface area (Å²) in [5, 5.41) is 3.40. The molecule has 7 heteroatoms. The maximum atomic E-state index is 13.8. The molecule has 27 heavy (non-hydrogen) atoms. The number of hydrogen-bond donors (Lipinski definition) is 1. The van der Waals surface area contributed by atoms with Crippen molar-refractivity contribution in [2.75, 3.05) is 33.8 Å². The van der Waals surface area contributed by atoms with Crippen molar-refractivity contribution in [3.63, 3.8) is 0 Å². The number of likely N-dealkylation sites (N-methyl/N-ethyl adjacent to an activating group) is 1. The average molecular weight is 419 g/mol. The summed E-state index contributed by atoms with van der Waals surface area (Å²) < 4.78 is 25.5. The van der Waals surface area contributed by atoms with Gasteiger partial charge in [-0.25, -0.2) is 4.39 Å². The van der Waals surface area contributed by atoms with Gasteiger partial charge >= 0.3 is 0 Å². The highest BCUT2D eigenvalue weighted by Gasteiger charge is 2.12. The molecule has 4 nitrogen and oxygen atoms in total. The van der Waals surface area contributed by atoms with Crippen LogP contribution >= 0.6 is 24.8 Å². The fourth-order valence-electron chi connectivity index (χ4n) is 2.42. The predicted octanol–water partition coefficient (Wildman–Crippen LogP) is 4.30. The summed E-state index contributed by atoms with van der Waals surface area (Å²) in [5.74, 6) is 1.10. The van der Waals surface area contributed by atoms with Crippen molar-refractivity contribution < 1.29 is 13.9 Å². The van der Waals surface area contributed by atoms with E-state index in [1.165, 1.54) is 6.07 Å². The second-order valence-corrected chi connectivity index (χ2v) is 6.04. The van der Waals surface area contributed by atoms with Crippen LogP contribution in [0.2, 0.25) is 0 Å². The van der Waals surface area contributed by atoms with Gasteiger partial charge in [0.2, 0.25) is 0 Å². The molecule has 0 saturated carbocycles. The van der Waals surface area contributed by atoms with Crippen LogP contribution in [-0.2, 0) is 13.2 Å². The molecule has 0 amide bonds. The van der Waals surface area contributed by atoms with Gasteiger partial charge in [-0.3, -0.25) is 0 Å². The van der Waals surface area contributed by atoms with Crippen LogP contribution in [0, 0.1) is 5.82 Å². The molecule has 0 saturated heterocycles. The summed E-state index contributed by atoms with van der Waals surface area (Å²) in [4.78, 5) is 2.12. The molecule has 0 unspecified atom stereocenters. The minimum absolute atomic E-state index is 0. The quantitative estimate of drug-likeness (QED) is 0.583. The van der Waals surface area contributed by atoms with Crippen LogP contribution in [0.5, 0.6) is 11.5 Å². The summed E-state index contributed by atoms with van der Waals surface area (Å²) in [6.07, 6.45) is 0. The Morgan fingerprint density at radius 1 is 0.963 bits per heavy atom. The molecule has 0 aliphatic heterocycles. The highest BCUT2D eigenvalue weighted by molar-refractivity contribution is 5.85. The first-order chi connectivity index (χ1) is 12.1. The number of rotatable bonds is 10. The normalized spacial score (nSPS) is 10.1. The topological polar surface area (TPSA) is 33.7 Å². The van der Waals surface area contributed by atoms with Gasteiger partial charge in [0.05, 0.1) is 6.61 Å². The van der Waals surface area contributed by atoms with Gasteiger partial charge in [0.1, 0.15) is 12.4 Å². The molecule has 1 N–H and O–H groups in total. The maximum absolute atomic E-state index is 13.8. The highest BCUT2D eigenvalue weighted by atomic mass is 35.5. The van der Waals surface area contributed by atoms with Crippen molar-refractivity contribution in [3.05, 3.63) is 59.4 Å². The van der Waals surface area contributed by atoms with Crippen molar-refractivity contribution >= 4 is 24.8 Å². The van der Waals surface area contributed by atoms with Crippen LogP contribution in [0.3, 0.4) is 0 Å². The fourth-order valence-corrected chi connectivity index (χ4v) is 2.42. The van der Waals surface area contributed by atoms with Gasteiger partial charge in [0, 0.05) is 30.8 Å². The third-order valence-corrected chi connectivity index (χ3v) is 3.74. The van der Waals surface area contributed by atoms with Gasteiger partial charge in [-0.15, -0.1) is 24.8 Å². The zero-order valence-corrected chi connectivity index (χ0v) is 17.7. The predicted molar refractivity (Wildman–Crippen MR) is 113 cm³/mol. The van der Waals surface area contributed by atoms with Gasteiger partial charge < -0.3 is 19.7 Å². The Hall–Kier alpha value is -1.53. The molecule has 0 aliphatic carbocycles. The molecule has 0 aliphatic rings. The van der Waals surface area contributed by atoms with E-state index in [0.29, 0.717) is 30.2 Å². The molecule has 0 heterocycles. The lowest BCUT2D eigenvalue weighted by molar-refractivity contribution is 0.262. The fraction of sp³-hybridized carbons (Fsp3) is 0.400. The van der Waals surface area contributed by atoms with Crippen molar-refractivity contribution in [2.45, 2.75) is 20.1 Å². The molecule has 0 atom stereocenters. The van der Waals surface area contributed by atoms with E-state index in [2.05, 4.69) is 10.2 Å². The third kappa shape index (κ3) is 8.35. The first kappa shape index (κ1) is 25.5. The Morgan fingerprint density at radius 2 is 1.67 bits per heavy atom. The van der Waals surface area contributed by atoms with E-state index >= 15 is 0 Å². The molecule has 0 fully saturated rings. The van der Waals surface area contributed by atoms with E-state index < -0.39 is 0 Å². The van der Waals surface area contributed by atoms with Gasteiger partial charge in [-0.2, -0.15) is 0 Å². The van der Waals surface area contributed by atoms with Gasteiger partial charge in [-0.1, -0.05) is 30.3 Å². The smallest absolute Gasteiger partial charge is 0.166 e. The highest BCUT2D eigenvalue weighted by Crippen LogP contribution is 2.32. The lowest BCUT2D eigenvalue weighted by Gasteiger charge is -2.17. The van der Waals surface area contributed by atoms with E-state index in [4.69, 9.17) is 9.47 Å². The standard InChI is InChI=1S/C20H27FN2O2.2ClH/c1-4-24-19-11-7-9-16(14-22-12-13-23(2)3)20(19)25-15-17-8-5-6-10-18(17)21;;/h5-11,22H,4,12-15H2,1-3H3;2*1H. The molecular weight excluding hydrogens is 390 g/mol. The Morgan fingerprint density at radius 3 is 2.33 bits per heavy atom. The van der Waals surface area contributed by atoms with E-state index in [-0.39, 0.29) is 37.2 Å². The second-order valence-electron chi connectivity index (χ2n) is 6.04. The number of ether oxygens (including phenoxy) is 2. The monoisotopic (exact) mass is 418 g/mol. The van der Waals surface area contributed by atoms with E-state index in [0.717, 1.165) is 18.7 Å². The maximum Gasteiger partial charge on any atom is 0.166 e. The van der Waals surface area contributed by atoms with Crippen molar-refractivity contribution in [3.8, 4) is 11.5 Å². The molecule has 2 aromatic carbocycles. The van der Waals surface area contributed by atoms with Crippen molar-refractivity contribution in [1.82, 2.24) is 10.2 Å². The van der Waals surface area contributed by atoms with Crippen molar-refractivity contribution in [1.29, 1.82) is 0 Å². The zero-order chi connectivity index (χ0) is 18.1. The first-order valence-electron chi connectivity index (χ1n) is 8.58.